The predicted octanol–water partition coefficient (Wildman–Crippen LogP) is 2.36. The number of primary amides is 1. The Balaban J connectivity index is 2.18. The van der Waals surface area contributed by atoms with Crippen LogP contribution in [0.25, 0.3) is 0 Å². The van der Waals surface area contributed by atoms with Gasteiger partial charge in [0.2, 0.25) is 5.91 Å². The van der Waals surface area contributed by atoms with E-state index in [0.717, 1.165) is 12.0 Å². The van der Waals surface area contributed by atoms with Crippen LogP contribution in [0, 0.1) is 12.8 Å². The SMILES string of the molecule is Cc1cc(CCC(C)C)oc(=O)c1C(=O)N[C@@H](Cc1ccccc1)C(N)=O. The number of rotatable bonds is 8. The molecule has 0 saturated heterocycles. The Labute approximate surface area is 158 Å². The van der Waals surface area contributed by atoms with Crippen molar-refractivity contribution >= 4 is 11.8 Å². The smallest absolute Gasteiger partial charge is 0.349 e. The van der Waals surface area contributed by atoms with E-state index < -0.39 is 23.5 Å². The second-order valence-electron chi connectivity index (χ2n) is 7.11. The molecule has 0 aliphatic heterocycles. The molecule has 0 spiro atoms. The highest BCUT2D eigenvalue weighted by Gasteiger charge is 2.23. The largest absolute Gasteiger partial charge is 0.427 e. The molecule has 0 aliphatic rings. The summed E-state index contributed by atoms with van der Waals surface area (Å²) in [5.41, 5.74) is 6.00. The normalized spacial score (nSPS) is 12.0. The van der Waals surface area contributed by atoms with Crippen molar-refractivity contribution in [3.63, 3.8) is 0 Å². The van der Waals surface area contributed by atoms with Gasteiger partial charge >= 0.3 is 5.63 Å². The molecular weight excluding hydrogens is 344 g/mol. The van der Waals surface area contributed by atoms with Crippen LogP contribution < -0.4 is 16.7 Å². The van der Waals surface area contributed by atoms with Crippen LogP contribution in [-0.4, -0.2) is 17.9 Å². The van der Waals surface area contributed by atoms with Crippen LogP contribution in [0.5, 0.6) is 0 Å². The van der Waals surface area contributed by atoms with Gasteiger partial charge in [-0.3, -0.25) is 9.59 Å². The number of aryl methyl sites for hydroxylation is 2. The minimum Gasteiger partial charge on any atom is -0.427 e. The zero-order valence-electron chi connectivity index (χ0n) is 16.0. The highest BCUT2D eigenvalue weighted by Crippen LogP contribution is 2.12. The molecule has 2 amide bonds. The van der Waals surface area contributed by atoms with E-state index in [-0.39, 0.29) is 12.0 Å². The van der Waals surface area contributed by atoms with Crippen molar-refractivity contribution in [2.24, 2.45) is 11.7 Å². The maximum atomic E-state index is 12.6. The molecule has 1 aromatic carbocycles. The van der Waals surface area contributed by atoms with Gasteiger partial charge in [-0.1, -0.05) is 44.2 Å². The standard InChI is InChI=1S/C21H26N2O4/c1-13(2)9-10-16-11-14(3)18(21(26)27-16)20(25)23-17(19(22)24)12-15-7-5-4-6-8-15/h4-8,11,13,17H,9-10,12H2,1-3H3,(H2,22,24)(H,23,25)/t17-/m0/s1. The van der Waals surface area contributed by atoms with Crippen LogP contribution in [0.2, 0.25) is 0 Å². The third-order valence-corrected chi connectivity index (χ3v) is 4.33. The lowest BCUT2D eigenvalue weighted by Gasteiger charge is -2.16. The van der Waals surface area contributed by atoms with Crippen molar-refractivity contribution in [1.29, 1.82) is 0 Å². The quantitative estimate of drug-likeness (QED) is 0.744. The molecule has 0 aliphatic carbocycles. The number of nitrogens with one attached hydrogen (secondary N) is 1. The maximum absolute atomic E-state index is 12.6. The Hall–Kier alpha value is -2.89. The molecule has 1 atom stereocenters. The van der Waals surface area contributed by atoms with Crippen LogP contribution >= 0.6 is 0 Å². The molecule has 0 bridgehead atoms. The van der Waals surface area contributed by atoms with E-state index in [2.05, 4.69) is 19.2 Å². The van der Waals surface area contributed by atoms with E-state index >= 15 is 0 Å². The van der Waals surface area contributed by atoms with Crippen LogP contribution in [-0.2, 0) is 17.6 Å². The van der Waals surface area contributed by atoms with Gasteiger partial charge in [-0.25, -0.2) is 4.79 Å². The summed E-state index contributed by atoms with van der Waals surface area (Å²) in [6.45, 7) is 5.86. The molecule has 144 valence electrons. The Morgan fingerprint density at radius 3 is 2.41 bits per heavy atom. The first-order valence-corrected chi connectivity index (χ1v) is 9.05. The number of carbonyl (C=O) groups excluding carboxylic acids is 2. The van der Waals surface area contributed by atoms with Gasteiger partial charge in [-0.05, 0) is 36.5 Å². The van der Waals surface area contributed by atoms with Crippen LogP contribution in [0.4, 0.5) is 0 Å². The van der Waals surface area contributed by atoms with Gasteiger partial charge in [0, 0.05) is 12.8 Å². The van der Waals surface area contributed by atoms with Crippen LogP contribution in [0.3, 0.4) is 0 Å². The summed E-state index contributed by atoms with van der Waals surface area (Å²) in [6.07, 6.45) is 1.76. The van der Waals surface area contributed by atoms with Crippen LogP contribution in [0.1, 0.15) is 47.5 Å². The lowest BCUT2D eigenvalue weighted by Crippen LogP contribution is -2.47. The average Bonchev–Trinajstić information content (AvgIpc) is 2.59. The number of carbonyl (C=O) groups is 2. The van der Waals surface area contributed by atoms with Gasteiger partial charge in [0.1, 0.15) is 17.4 Å². The van der Waals surface area contributed by atoms with Crippen molar-refractivity contribution in [2.75, 3.05) is 0 Å². The highest BCUT2D eigenvalue weighted by molar-refractivity contribution is 5.98. The monoisotopic (exact) mass is 370 g/mol. The molecule has 27 heavy (non-hydrogen) atoms. The van der Waals surface area contributed by atoms with E-state index in [0.29, 0.717) is 23.7 Å². The zero-order chi connectivity index (χ0) is 20.0. The molecular formula is C21H26N2O4. The summed E-state index contributed by atoms with van der Waals surface area (Å²) in [6, 6.07) is 10.00. The van der Waals surface area contributed by atoms with Crippen LogP contribution in [0.15, 0.2) is 45.6 Å². The molecule has 0 fully saturated rings. The maximum Gasteiger partial charge on any atom is 0.349 e. The van der Waals surface area contributed by atoms with Gasteiger partial charge in [0.25, 0.3) is 5.91 Å². The van der Waals surface area contributed by atoms with Gasteiger partial charge in [-0.2, -0.15) is 0 Å². The third kappa shape index (κ3) is 5.81. The minimum atomic E-state index is -0.917. The fourth-order valence-corrected chi connectivity index (χ4v) is 2.80. The van der Waals surface area contributed by atoms with E-state index in [1.807, 2.05) is 30.3 Å². The number of benzene rings is 1. The Kier molecular flexibility index (Phi) is 6.93. The van der Waals surface area contributed by atoms with Crippen molar-refractivity contribution in [3.05, 3.63) is 69.3 Å². The fraction of sp³-hybridized carbons (Fsp3) is 0.381. The fourth-order valence-electron chi connectivity index (χ4n) is 2.80. The van der Waals surface area contributed by atoms with E-state index in [1.165, 1.54) is 0 Å². The highest BCUT2D eigenvalue weighted by atomic mass is 16.4. The molecule has 1 aromatic heterocycles. The van der Waals surface area contributed by atoms with Crippen molar-refractivity contribution < 1.29 is 14.0 Å². The molecule has 2 rings (SSSR count). The van der Waals surface area contributed by atoms with E-state index in [4.69, 9.17) is 10.2 Å². The van der Waals surface area contributed by atoms with Crippen molar-refractivity contribution in [3.8, 4) is 0 Å². The van der Waals surface area contributed by atoms with Gasteiger partial charge < -0.3 is 15.5 Å². The summed E-state index contributed by atoms with van der Waals surface area (Å²) >= 11 is 0. The molecule has 0 radical (unpaired) electrons. The zero-order valence-corrected chi connectivity index (χ0v) is 16.0. The first-order valence-electron chi connectivity index (χ1n) is 9.05. The molecule has 6 nitrogen and oxygen atoms in total. The predicted molar refractivity (Wildman–Crippen MR) is 103 cm³/mol. The second kappa shape index (κ2) is 9.16. The summed E-state index contributed by atoms with van der Waals surface area (Å²) < 4.78 is 5.29. The molecule has 2 aromatic rings. The number of nitrogens with two attached hydrogens (primary N) is 1. The molecule has 0 unspecified atom stereocenters. The van der Waals surface area contributed by atoms with Gasteiger partial charge in [0.15, 0.2) is 0 Å². The number of hydrogen-bond donors (Lipinski definition) is 2. The lowest BCUT2D eigenvalue weighted by molar-refractivity contribution is -0.119. The van der Waals surface area contributed by atoms with Gasteiger partial charge in [0.05, 0.1) is 0 Å². The summed E-state index contributed by atoms with van der Waals surface area (Å²) in [5, 5.41) is 2.56. The summed E-state index contributed by atoms with van der Waals surface area (Å²) in [5.74, 6) is -0.287. The first-order chi connectivity index (χ1) is 12.8. The minimum absolute atomic E-state index is 0.0948. The molecule has 6 heteroatoms. The van der Waals surface area contributed by atoms with E-state index in [9.17, 15) is 14.4 Å². The Bertz CT molecular complexity index is 856. The van der Waals surface area contributed by atoms with Gasteiger partial charge in [-0.15, -0.1) is 0 Å². The third-order valence-electron chi connectivity index (χ3n) is 4.33. The molecule has 3 N–H and O–H groups in total. The summed E-state index contributed by atoms with van der Waals surface area (Å²) in [4.78, 5) is 36.7. The Morgan fingerprint density at radius 2 is 1.85 bits per heavy atom. The topological polar surface area (TPSA) is 102 Å². The second-order valence-corrected chi connectivity index (χ2v) is 7.11. The lowest BCUT2D eigenvalue weighted by atomic mass is 10.0. The van der Waals surface area contributed by atoms with Crippen molar-refractivity contribution in [2.45, 2.75) is 46.1 Å². The number of amides is 2. The Morgan fingerprint density at radius 1 is 1.19 bits per heavy atom. The molecule has 1 heterocycles. The van der Waals surface area contributed by atoms with E-state index in [1.54, 1.807) is 13.0 Å². The average molecular weight is 370 g/mol. The summed E-state index contributed by atoms with van der Waals surface area (Å²) in [7, 11) is 0. The first kappa shape index (κ1) is 20.4. The van der Waals surface area contributed by atoms with Crippen molar-refractivity contribution in [1.82, 2.24) is 5.32 Å². The number of hydrogen-bond acceptors (Lipinski definition) is 4. The molecule has 0 saturated carbocycles.